The summed E-state index contributed by atoms with van der Waals surface area (Å²) in [4.78, 5) is 0. The predicted molar refractivity (Wildman–Crippen MR) is 65.1 cm³/mol. The molecule has 0 aliphatic carbocycles. The molecule has 1 aromatic carbocycles. The number of rotatable bonds is 2. The number of benzene rings is 1. The molecule has 1 N–H and O–H groups in total. The summed E-state index contributed by atoms with van der Waals surface area (Å²) in [6, 6.07) is 3.89. The van der Waals surface area contributed by atoms with Crippen LogP contribution < -0.4 is 9.47 Å². The Labute approximate surface area is 104 Å². The van der Waals surface area contributed by atoms with E-state index in [2.05, 4.69) is 15.9 Å². The van der Waals surface area contributed by atoms with Crippen LogP contribution in [0.3, 0.4) is 0 Å². The second-order valence-corrected chi connectivity index (χ2v) is 5.45. The van der Waals surface area contributed by atoms with Crippen molar-refractivity contribution in [1.29, 1.82) is 0 Å². The molecule has 0 spiro atoms. The van der Waals surface area contributed by atoms with E-state index in [1.54, 1.807) is 13.8 Å². The summed E-state index contributed by atoms with van der Waals surface area (Å²) in [5.41, 5.74) is 0.312. The largest absolute Gasteiger partial charge is 0.486 e. The van der Waals surface area contributed by atoms with Crippen LogP contribution in [0.25, 0.3) is 0 Å². The van der Waals surface area contributed by atoms with Crippen LogP contribution in [-0.2, 0) is 6.42 Å². The summed E-state index contributed by atoms with van der Waals surface area (Å²) in [6.07, 6.45) is 0.586. The van der Waals surface area contributed by atoms with Gasteiger partial charge in [0.2, 0.25) is 0 Å². The molecule has 1 aliphatic rings. The Bertz CT molecular complexity index is 396. The third-order valence-corrected chi connectivity index (χ3v) is 2.88. The summed E-state index contributed by atoms with van der Waals surface area (Å²) in [5.74, 6) is 1.51. The second-order valence-electron chi connectivity index (χ2n) is 4.59. The zero-order valence-corrected chi connectivity index (χ0v) is 11.0. The monoisotopic (exact) mass is 286 g/mol. The molecule has 0 saturated heterocycles. The van der Waals surface area contributed by atoms with Crippen molar-refractivity contribution in [2.45, 2.75) is 25.9 Å². The number of aliphatic hydroxyl groups is 1. The van der Waals surface area contributed by atoms with Crippen molar-refractivity contribution in [2.24, 2.45) is 0 Å². The van der Waals surface area contributed by atoms with E-state index in [0.29, 0.717) is 19.6 Å². The van der Waals surface area contributed by atoms with E-state index in [1.807, 2.05) is 12.1 Å². The molecule has 0 unspecified atom stereocenters. The van der Waals surface area contributed by atoms with Gasteiger partial charge >= 0.3 is 0 Å². The van der Waals surface area contributed by atoms with Crippen LogP contribution in [0.2, 0.25) is 0 Å². The van der Waals surface area contributed by atoms with E-state index in [9.17, 15) is 5.11 Å². The highest BCUT2D eigenvalue weighted by molar-refractivity contribution is 9.10. The van der Waals surface area contributed by atoms with E-state index in [-0.39, 0.29) is 0 Å². The van der Waals surface area contributed by atoms with Gasteiger partial charge in [-0.2, -0.15) is 0 Å². The van der Waals surface area contributed by atoms with E-state index in [4.69, 9.17) is 9.47 Å². The topological polar surface area (TPSA) is 38.7 Å². The van der Waals surface area contributed by atoms with Crippen molar-refractivity contribution in [3.8, 4) is 11.5 Å². The molecule has 1 aliphatic heterocycles. The maximum Gasteiger partial charge on any atom is 0.175 e. The molecular formula is C12H15BrO3. The van der Waals surface area contributed by atoms with E-state index in [1.165, 1.54) is 0 Å². The summed E-state index contributed by atoms with van der Waals surface area (Å²) in [7, 11) is 0. The van der Waals surface area contributed by atoms with Crippen molar-refractivity contribution in [3.05, 3.63) is 22.2 Å². The number of halogens is 1. The summed E-state index contributed by atoms with van der Waals surface area (Å²) in [6.45, 7) is 4.73. The highest BCUT2D eigenvalue weighted by Crippen LogP contribution is 2.39. The molecule has 0 bridgehead atoms. The fraction of sp³-hybridized carbons (Fsp3) is 0.500. The first-order valence-electron chi connectivity index (χ1n) is 5.26. The van der Waals surface area contributed by atoms with Gasteiger partial charge in [-0.25, -0.2) is 0 Å². The quantitative estimate of drug-likeness (QED) is 0.908. The van der Waals surface area contributed by atoms with Crippen molar-refractivity contribution in [1.82, 2.24) is 0 Å². The van der Waals surface area contributed by atoms with Crippen LogP contribution in [0.5, 0.6) is 11.5 Å². The molecule has 88 valence electrons. The van der Waals surface area contributed by atoms with Gasteiger partial charge in [0, 0.05) is 6.42 Å². The van der Waals surface area contributed by atoms with Gasteiger partial charge in [-0.15, -0.1) is 0 Å². The third kappa shape index (κ3) is 2.68. The van der Waals surface area contributed by atoms with E-state index in [0.717, 1.165) is 21.5 Å². The lowest BCUT2D eigenvalue weighted by molar-refractivity contribution is 0.0807. The van der Waals surface area contributed by atoms with Gasteiger partial charge in [-0.05, 0) is 47.5 Å². The smallest absolute Gasteiger partial charge is 0.175 e. The maximum atomic E-state index is 9.78. The van der Waals surface area contributed by atoms with Gasteiger partial charge in [-0.1, -0.05) is 0 Å². The summed E-state index contributed by atoms with van der Waals surface area (Å²) >= 11 is 3.45. The first-order chi connectivity index (χ1) is 7.46. The first kappa shape index (κ1) is 11.7. The van der Waals surface area contributed by atoms with Gasteiger partial charge in [0.05, 0.1) is 10.1 Å². The van der Waals surface area contributed by atoms with Gasteiger partial charge in [0.25, 0.3) is 0 Å². The summed E-state index contributed by atoms with van der Waals surface area (Å²) < 4.78 is 11.9. The zero-order valence-electron chi connectivity index (χ0n) is 9.42. The molecular weight excluding hydrogens is 272 g/mol. The average Bonchev–Trinajstić information content (AvgIpc) is 2.15. The van der Waals surface area contributed by atoms with Crippen LogP contribution >= 0.6 is 15.9 Å². The van der Waals surface area contributed by atoms with Crippen molar-refractivity contribution in [2.75, 3.05) is 13.2 Å². The standard InChI is InChI=1S/C12H15BrO3/c1-12(2,14)7-8-5-9(13)11-10(6-8)15-3-4-16-11/h5-6,14H,3-4,7H2,1-2H3. The molecule has 0 atom stereocenters. The molecule has 0 amide bonds. The van der Waals surface area contributed by atoms with Gasteiger partial charge in [0.15, 0.2) is 11.5 Å². The lowest BCUT2D eigenvalue weighted by atomic mass is 9.98. The van der Waals surface area contributed by atoms with Gasteiger partial charge in [0.1, 0.15) is 13.2 Å². The summed E-state index contributed by atoms with van der Waals surface area (Å²) in [5, 5.41) is 9.78. The highest BCUT2D eigenvalue weighted by atomic mass is 79.9. The predicted octanol–water partition coefficient (Wildman–Crippen LogP) is 2.53. The maximum absolute atomic E-state index is 9.78. The van der Waals surface area contributed by atoms with E-state index < -0.39 is 5.60 Å². The van der Waals surface area contributed by atoms with Crippen molar-refractivity contribution >= 4 is 15.9 Å². The number of ether oxygens (including phenoxy) is 2. The minimum absolute atomic E-state index is 0.575. The van der Waals surface area contributed by atoms with Gasteiger partial charge in [-0.3, -0.25) is 0 Å². The molecule has 3 nitrogen and oxygen atoms in total. The molecule has 0 aromatic heterocycles. The minimum Gasteiger partial charge on any atom is -0.486 e. The third-order valence-electron chi connectivity index (χ3n) is 2.29. The van der Waals surface area contributed by atoms with Crippen molar-refractivity contribution < 1.29 is 14.6 Å². The number of hydrogen-bond acceptors (Lipinski definition) is 3. The van der Waals surface area contributed by atoms with Crippen LogP contribution in [-0.4, -0.2) is 23.9 Å². The molecule has 0 radical (unpaired) electrons. The molecule has 1 aromatic rings. The average molecular weight is 287 g/mol. The lowest BCUT2D eigenvalue weighted by Gasteiger charge is -2.22. The molecule has 1 heterocycles. The van der Waals surface area contributed by atoms with Gasteiger partial charge < -0.3 is 14.6 Å². The molecule has 0 saturated carbocycles. The fourth-order valence-corrected chi connectivity index (χ4v) is 2.37. The molecule has 16 heavy (non-hydrogen) atoms. The Morgan fingerprint density at radius 3 is 2.69 bits per heavy atom. The zero-order chi connectivity index (χ0) is 11.8. The van der Waals surface area contributed by atoms with Crippen molar-refractivity contribution in [3.63, 3.8) is 0 Å². The number of fused-ring (bicyclic) bond motifs is 1. The Hall–Kier alpha value is -0.740. The molecule has 4 heteroatoms. The lowest BCUT2D eigenvalue weighted by Crippen LogP contribution is -2.22. The second kappa shape index (κ2) is 4.26. The van der Waals surface area contributed by atoms with Crippen LogP contribution in [0.4, 0.5) is 0 Å². The minimum atomic E-state index is -0.719. The SMILES string of the molecule is CC(C)(O)Cc1cc(Br)c2c(c1)OCCO2. The number of hydrogen-bond donors (Lipinski definition) is 1. The Balaban J connectivity index is 2.32. The Morgan fingerprint density at radius 2 is 2.00 bits per heavy atom. The van der Waals surface area contributed by atoms with Crippen LogP contribution in [0.1, 0.15) is 19.4 Å². The molecule has 2 rings (SSSR count). The molecule has 0 fully saturated rings. The Morgan fingerprint density at radius 1 is 1.31 bits per heavy atom. The fourth-order valence-electron chi connectivity index (χ4n) is 1.77. The normalized spacial score (nSPS) is 15.0. The Kier molecular flexibility index (Phi) is 3.13. The first-order valence-corrected chi connectivity index (χ1v) is 6.05. The highest BCUT2D eigenvalue weighted by Gasteiger charge is 2.19. The van der Waals surface area contributed by atoms with Crippen LogP contribution in [0, 0.1) is 0 Å². The van der Waals surface area contributed by atoms with Crippen LogP contribution in [0.15, 0.2) is 16.6 Å². The van der Waals surface area contributed by atoms with E-state index >= 15 is 0 Å².